The number of carbonyl (C=O) groups is 1. The molecule has 0 aliphatic heterocycles. The number of nitrogens with zero attached hydrogens (tertiary/aromatic N) is 2. The van der Waals surface area contributed by atoms with Crippen LogP contribution >= 0.6 is 0 Å². The molecule has 0 unspecified atom stereocenters. The lowest BCUT2D eigenvalue weighted by molar-refractivity contribution is -0.133. The average molecular weight is 264 g/mol. The van der Waals surface area contributed by atoms with Gasteiger partial charge in [0.2, 0.25) is 0 Å². The van der Waals surface area contributed by atoms with Crippen LogP contribution in [0.5, 0.6) is 5.75 Å². The van der Waals surface area contributed by atoms with E-state index in [2.05, 4.69) is 5.10 Å². The quantitative estimate of drug-likeness (QED) is 0.742. The van der Waals surface area contributed by atoms with Crippen molar-refractivity contribution >= 4 is 5.78 Å². The van der Waals surface area contributed by atoms with Crippen LogP contribution in [-0.4, -0.2) is 28.8 Å². The number of ether oxygens (including phenoxy) is 1. The molecule has 0 N–H and O–H groups in total. The molecule has 0 aliphatic carbocycles. The van der Waals surface area contributed by atoms with Crippen molar-refractivity contribution in [2.75, 3.05) is 7.11 Å². The van der Waals surface area contributed by atoms with Gasteiger partial charge in [0.15, 0.2) is 11.5 Å². The molecule has 0 spiro atoms. The normalized spacial score (nSPS) is 11.6. The fourth-order valence-electron chi connectivity index (χ4n) is 1.55. The first-order valence-corrected chi connectivity index (χ1v) is 5.58. The van der Waals surface area contributed by atoms with Crippen LogP contribution in [0, 0.1) is 0 Å². The monoisotopic (exact) mass is 264 g/mol. The third-order valence-corrected chi connectivity index (χ3v) is 2.36. The Morgan fingerprint density at radius 3 is 2.67 bits per heavy atom. The minimum Gasteiger partial charge on any atom is -0.493 e. The van der Waals surface area contributed by atoms with Crippen molar-refractivity contribution in [2.24, 2.45) is 0 Å². The van der Waals surface area contributed by atoms with Crippen LogP contribution in [0.1, 0.15) is 36.7 Å². The second-order valence-corrected chi connectivity index (χ2v) is 3.82. The molecular weight excluding hydrogens is 249 g/mol. The first kappa shape index (κ1) is 14.5. The van der Waals surface area contributed by atoms with Gasteiger partial charge in [0.1, 0.15) is 5.69 Å². The summed E-state index contributed by atoms with van der Waals surface area (Å²) in [4.78, 5) is 11.8. The SMILES string of the molecule is CCCn1ncc(OC)c1C(=O)CCC(F)(F)F. The molecule has 0 fully saturated rings. The highest BCUT2D eigenvalue weighted by atomic mass is 19.4. The molecule has 4 nitrogen and oxygen atoms in total. The Hall–Kier alpha value is -1.53. The molecule has 1 aromatic heterocycles. The van der Waals surface area contributed by atoms with Crippen LogP contribution in [0.4, 0.5) is 13.2 Å². The summed E-state index contributed by atoms with van der Waals surface area (Å²) in [6.45, 7) is 2.36. The molecule has 0 saturated heterocycles. The summed E-state index contributed by atoms with van der Waals surface area (Å²) >= 11 is 0. The van der Waals surface area contributed by atoms with E-state index in [1.807, 2.05) is 6.92 Å². The van der Waals surface area contributed by atoms with Crippen LogP contribution in [0.3, 0.4) is 0 Å². The number of hydrogen-bond acceptors (Lipinski definition) is 3. The van der Waals surface area contributed by atoms with Crippen LogP contribution in [-0.2, 0) is 6.54 Å². The van der Waals surface area contributed by atoms with Gasteiger partial charge in [-0.05, 0) is 6.42 Å². The number of methoxy groups -OCH3 is 1. The summed E-state index contributed by atoms with van der Waals surface area (Å²) in [5.41, 5.74) is 0.114. The fraction of sp³-hybridized carbons (Fsp3) is 0.636. The third-order valence-electron chi connectivity index (χ3n) is 2.36. The number of aromatic nitrogens is 2. The van der Waals surface area contributed by atoms with Crippen LogP contribution in [0.2, 0.25) is 0 Å². The van der Waals surface area contributed by atoms with Crippen molar-refractivity contribution in [2.45, 2.75) is 38.9 Å². The molecule has 1 heterocycles. The Morgan fingerprint density at radius 1 is 1.50 bits per heavy atom. The number of carbonyl (C=O) groups excluding carboxylic acids is 1. The zero-order chi connectivity index (χ0) is 13.8. The third kappa shape index (κ3) is 3.75. The van der Waals surface area contributed by atoms with Crippen molar-refractivity contribution in [3.63, 3.8) is 0 Å². The van der Waals surface area contributed by atoms with E-state index in [4.69, 9.17) is 4.74 Å². The number of rotatable bonds is 6. The molecule has 0 amide bonds. The largest absolute Gasteiger partial charge is 0.493 e. The Kier molecular flexibility index (Phi) is 4.75. The van der Waals surface area contributed by atoms with E-state index in [0.29, 0.717) is 6.54 Å². The lowest BCUT2D eigenvalue weighted by Crippen LogP contribution is -2.15. The second-order valence-electron chi connectivity index (χ2n) is 3.82. The number of halogens is 3. The lowest BCUT2D eigenvalue weighted by Gasteiger charge is -2.08. The average Bonchev–Trinajstić information content (AvgIpc) is 2.68. The fourth-order valence-corrected chi connectivity index (χ4v) is 1.55. The van der Waals surface area contributed by atoms with E-state index in [1.54, 1.807) is 0 Å². The molecule has 102 valence electrons. The smallest absolute Gasteiger partial charge is 0.389 e. The maximum Gasteiger partial charge on any atom is 0.389 e. The van der Waals surface area contributed by atoms with Crippen LogP contribution < -0.4 is 4.74 Å². The highest BCUT2D eigenvalue weighted by molar-refractivity contribution is 5.97. The first-order valence-electron chi connectivity index (χ1n) is 5.58. The second kappa shape index (κ2) is 5.88. The van der Waals surface area contributed by atoms with Crippen LogP contribution in [0.15, 0.2) is 6.20 Å². The van der Waals surface area contributed by atoms with Crippen LogP contribution in [0.25, 0.3) is 0 Å². The zero-order valence-electron chi connectivity index (χ0n) is 10.3. The van der Waals surface area contributed by atoms with Gasteiger partial charge in [-0.3, -0.25) is 9.48 Å². The summed E-state index contributed by atoms with van der Waals surface area (Å²) in [7, 11) is 1.35. The molecule has 0 aliphatic rings. The Morgan fingerprint density at radius 2 is 2.17 bits per heavy atom. The summed E-state index contributed by atoms with van der Waals surface area (Å²) in [6, 6.07) is 0. The van der Waals surface area contributed by atoms with Gasteiger partial charge in [-0.15, -0.1) is 0 Å². The van der Waals surface area contributed by atoms with Crippen molar-refractivity contribution in [1.29, 1.82) is 0 Å². The highest BCUT2D eigenvalue weighted by Gasteiger charge is 2.30. The standard InChI is InChI=1S/C11H15F3N2O2/c1-3-6-16-10(9(18-2)7-15-16)8(17)4-5-11(12,13)14/h7H,3-6H2,1-2H3. The number of hydrogen-bond donors (Lipinski definition) is 0. The molecule has 7 heteroatoms. The summed E-state index contributed by atoms with van der Waals surface area (Å²) in [5.74, 6) is -0.384. The Bertz CT molecular complexity index is 413. The molecule has 0 radical (unpaired) electrons. The highest BCUT2D eigenvalue weighted by Crippen LogP contribution is 2.25. The van der Waals surface area contributed by atoms with E-state index in [-0.39, 0.29) is 11.4 Å². The van der Waals surface area contributed by atoms with Gasteiger partial charge < -0.3 is 4.74 Å². The van der Waals surface area contributed by atoms with E-state index in [9.17, 15) is 18.0 Å². The molecule has 0 bridgehead atoms. The van der Waals surface area contributed by atoms with Gasteiger partial charge >= 0.3 is 6.18 Å². The number of Topliss-reactive ketones (excluding diaryl/α,β-unsaturated/α-hetero) is 1. The van der Waals surface area contributed by atoms with Crippen molar-refractivity contribution in [3.8, 4) is 5.75 Å². The predicted octanol–water partition coefficient (Wildman–Crippen LogP) is 2.83. The number of alkyl halides is 3. The van der Waals surface area contributed by atoms with Crippen molar-refractivity contribution in [3.05, 3.63) is 11.9 Å². The summed E-state index contributed by atoms with van der Waals surface area (Å²) in [6.07, 6.45) is -3.99. The van der Waals surface area contributed by atoms with E-state index < -0.39 is 24.8 Å². The predicted molar refractivity (Wildman–Crippen MR) is 58.7 cm³/mol. The molecule has 0 atom stereocenters. The van der Waals surface area contributed by atoms with Gasteiger partial charge in [0, 0.05) is 13.0 Å². The minimum atomic E-state index is -4.33. The maximum absolute atomic E-state index is 12.1. The van der Waals surface area contributed by atoms with Crippen molar-refractivity contribution in [1.82, 2.24) is 9.78 Å². The molecule has 1 aromatic rings. The number of aryl methyl sites for hydroxylation is 1. The zero-order valence-corrected chi connectivity index (χ0v) is 10.3. The maximum atomic E-state index is 12.1. The molecule has 1 rings (SSSR count). The molecule has 0 saturated carbocycles. The van der Waals surface area contributed by atoms with Gasteiger partial charge in [-0.25, -0.2) is 0 Å². The van der Waals surface area contributed by atoms with Gasteiger partial charge in [0.25, 0.3) is 0 Å². The lowest BCUT2D eigenvalue weighted by atomic mass is 10.1. The van der Waals surface area contributed by atoms with Gasteiger partial charge in [0.05, 0.1) is 19.7 Å². The number of ketones is 1. The summed E-state index contributed by atoms with van der Waals surface area (Å²) in [5, 5.41) is 3.93. The Labute approximate surface area is 103 Å². The van der Waals surface area contributed by atoms with E-state index >= 15 is 0 Å². The van der Waals surface area contributed by atoms with E-state index in [1.165, 1.54) is 18.0 Å². The molecule has 18 heavy (non-hydrogen) atoms. The van der Waals surface area contributed by atoms with Gasteiger partial charge in [-0.1, -0.05) is 6.92 Å². The molecule has 0 aromatic carbocycles. The van der Waals surface area contributed by atoms with E-state index in [0.717, 1.165) is 6.42 Å². The topological polar surface area (TPSA) is 44.1 Å². The van der Waals surface area contributed by atoms with Crippen molar-refractivity contribution < 1.29 is 22.7 Å². The minimum absolute atomic E-state index is 0.114. The first-order chi connectivity index (χ1) is 8.39. The Balaban J connectivity index is 2.85. The van der Waals surface area contributed by atoms with Gasteiger partial charge in [-0.2, -0.15) is 18.3 Å². The summed E-state index contributed by atoms with van der Waals surface area (Å²) < 4.78 is 42.6. The molecular formula is C11H15F3N2O2.